The predicted molar refractivity (Wildman–Crippen MR) is 454 cm³/mol. The van der Waals surface area contributed by atoms with Crippen molar-refractivity contribution in [3.63, 3.8) is 0 Å². The molecule has 5 aliphatic carbocycles. The molecule has 14 rings (SSSR count). The lowest BCUT2D eigenvalue weighted by Crippen LogP contribution is -2.43. The number of aromatic hydroxyl groups is 5. The van der Waals surface area contributed by atoms with Crippen LogP contribution in [0.3, 0.4) is 0 Å². The molecule has 0 aliphatic heterocycles. The number of hydrogen-bond acceptors (Lipinski definition) is 5. The van der Waals surface area contributed by atoms with E-state index in [-0.39, 0.29) is 39.9 Å². The predicted octanol–water partition coefficient (Wildman–Crippen LogP) is 28.3. The summed E-state index contributed by atoms with van der Waals surface area (Å²) in [5.41, 5.74) is 22.2. The molecule has 5 fully saturated rings. The van der Waals surface area contributed by atoms with Gasteiger partial charge in [-0.3, -0.25) is 0 Å². The largest absolute Gasteiger partial charge is 0.507 e. The average molecular weight is 1440 g/mol. The summed E-state index contributed by atoms with van der Waals surface area (Å²) >= 11 is 0. The Morgan fingerprint density at radius 2 is 0.664 bits per heavy atom. The van der Waals surface area contributed by atoms with Crippen LogP contribution in [0.4, 0.5) is 0 Å². The standard InChI is InChI=1S/C22H30O.C21H30O.C21H26O.2C19H24O/c1-15(16-11-9-8-10-12-16)18-13-17(21(2,3)4)14-19(20(18)23)22(5,6)7;1-4-13(3)18-5-12(2)6-19(21(18)22)20-16-8-14-7-15(10-16)11-17(20)9-14;1-15-13-19(16(2)17-9-5-3-6-10-17)21(22)20(14-15)18-11-7-4-8-12-18;1-13-11-16(19(3,4)5)12-17(18(13)20)14(2)15-9-7-6-8-10-15;1-5-14(3)17-11-13(2)12-18(19(17)20)15(4)16-9-7-6-8-10-16/h8-15,23H,1-7H3;5-6,13-17,20,22H,4,7-11H2,1-3H3;3,5-6,9-10,13-14,16,18,22H,4,7-8,11-12H2,1-2H3;6-12,14,20H,1-5H3;6-12,14-15,20H,5H2,1-4H3. The highest BCUT2D eigenvalue weighted by molar-refractivity contribution is 5.55. The summed E-state index contributed by atoms with van der Waals surface area (Å²) in [6.07, 6.45) is 15.7. The van der Waals surface area contributed by atoms with Gasteiger partial charge >= 0.3 is 0 Å². The Hall–Kier alpha value is -8.02. The summed E-state index contributed by atoms with van der Waals surface area (Å²) in [7, 11) is 0. The molecule has 5 nitrogen and oxygen atoms in total. The Bertz CT molecular complexity index is 4300. The molecule has 0 amide bonds. The van der Waals surface area contributed by atoms with E-state index in [9.17, 15) is 25.5 Å². The van der Waals surface area contributed by atoms with E-state index in [1.54, 1.807) is 0 Å². The fourth-order valence-corrected chi connectivity index (χ4v) is 18.0. The van der Waals surface area contributed by atoms with Crippen molar-refractivity contribution in [1.82, 2.24) is 0 Å². The van der Waals surface area contributed by atoms with Crippen LogP contribution in [-0.4, -0.2) is 25.5 Å². The second kappa shape index (κ2) is 36.0. The molecule has 5 N–H and O–H groups in total. The normalized spacial score (nSPS) is 19.4. The van der Waals surface area contributed by atoms with Crippen LogP contribution in [0.25, 0.3) is 0 Å². The van der Waals surface area contributed by atoms with Crippen molar-refractivity contribution >= 4 is 0 Å². The van der Waals surface area contributed by atoms with E-state index in [1.165, 1.54) is 131 Å². The minimum absolute atomic E-state index is 0.0544. The lowest BCUT2D eigenvalue weighted by atomic mass is 9.50. The highest BCUT2D eigenvalue weighted by Crippen LogP contribution is 2.61. The maximum Gasteiger partial charge on any atom is 0.123 e. The lowest BCUT2D eigenvalue weighted by molar-refractivity contribution is -0.00353. The molecular formula is C102H134O5. The van der Waals surface area contributed by atoms with Gasteiger partial charge < -0.3 is 25.5 Å². The molecule has 572 valence electrons. The molecule has 4 bridgehead atoms. The zero-order chi connectivity index (χ0) is 78.0. The van der Waals surface area contributed by atoms with E-state index < -0.39 is 0 Å². The fourth-order valence-electron chi connectivity index (χ4n) is 18.0. The summed E-state index contributed by atoms with van der Waals surface area (Å²) in [5, 5.41) is 53.9. The monoisotopic (exact) mass is 1440 g/mol. The molecule has 5 heteroatoms. The van der Waals surface area contributed by atoms with E-state index in [0.717, 1.165) is 75.5 Å². The van der Waals surface area contributed by atoms with Crippen molar-refractivity contribution < 1.29 is 25.5 Å². The van der Waals surface area contributed by atoms with Crippen molar-refractivity contribution in [2.24, 2.45) is 23.7 Å². The molecule has 5 aliphatic rings. The maximum atomic E-state index is 11.0. The van der Waals surface area contributed by atoms with Crippen LogP contribution in [-0.2, 0) is 16.2 Å². The smallest absolute Gasteiger partial charge is 0.123 e. The Kier molecular flexibility index (Phi) is 27.9. The SMILES string of the molecule is CC(c1ccccc1)c1cc(C(C)(C)C)cc(C(C)(C)C)c1O.CCC(C)c1cc(C)cc(C(C)c2ccccc2)c1O.CCC(C)c1cc(C)cc(C2C3CC4CC(C3)CC2C4)c1O.Cc1cc(C(C)(C)C)cc(C(C)c2ccccc2)c1O.Cc1cc(C2CCCCC2)c(O)c(C(C)c2ccccc2)c1. The van der Waals surface area contributed by atoms with Gasteiger partial charge in [-0.2, -0.15) is 0 Å². The van der Waals surface area contributed by atoms with Gasteiger partial charge in [-0.05, 0) is 216 Å². The number of benzene rings is 9. The Balaban J connectivity index is 0.000000155. The van der Waals surface area contributed by atoms with Crippen molar-refractivity contribution in [1.29, 1.82) is 0 Å². The van der Waals surface area contributed by atoms with Crippen molar-refractivity contribution in [3.8, 4) is 28.7 Å². The number of phenols is 5. The van der Waals surface area contributed by atoms with Gasteiger partial charge in [0.15, 0.2) is 0 Å². The average Bonchev–Trinajstić information content (AvgIpc) is 0.744. The van der Waals surface area contributed by atoms with Gasteiger partial charge in [0.25, 0.3) is 0 Å². The van der Waals surface area contributed by atoms with Gasteiger partial charge in [0.1, 0.15) is 28.7 Å². The van der Waals surface area contributed by atoms with Crippen LogP contribution < -0.4 is 0 Å². The van der Waals surface area contributed by atoms with Gasteiger partial charge in [-0.1, -0.05) is 336 Å². The third-order valence-electron chi connectivity index (χ3n) is 24.9. The summed E-state index contributed by atoms with van der Waals surface area (Å²) in [6, 6.07) is 63.3. The fraction of sp³-hybridized carbons (Fsp3) is 0.471. The zero-order valence-electron chi connectivity index (χ0n) is 69.5. The molecule has 6 unspecified atom stereocenters. The molecule has 0 heterocycles. The first-order valence-corrected chi connectivity index (χ1v) is 41.0. The first-order chi connectivity index (χ1) is 50.6. The van der Waals surface area contributed by atoms with Crippen molar-refractivity contribution in [2.75, 3.05) is 0 Å². The molecule has 107 heavy (non-hydrogen) atoms. The summed E-state index contributed by atoms with van der Waals surface area (Å²) in [5.74, 6) is 9.00. The Morgan fingerprint density at radius 1 is 0.336 bits per heavy atom. The molecule has 0 aromatic heterocycles. The van der Waals surface area contributed by atoms with E-state index in [0.29, 0.717) is 52.4 Å². The van der Waals surface area contributed by atoms with Gasteiger partial charge in [0, 0.05) is 45.9 Å². The topological polar surface area (TPSA) is 101 Å². The molecule has 0 spiro atoms. The van der Waals surface area contributed by atoms with Crippen LogP contribution in [0.1, 0.15) is 348 Å². The first kappa shape index (κ1) is 83.0. The van der Waals surface area contributed by atoms with Gasteiger partial charge in [-0.25, -0.2) is 0 Å². The van der Waals surface area contributed by atoms with Gasteiger partial charge in [0.05, 0.1) is 0 Å². The summed E-state index contributed by atoms with van der Waals surface area (Å²) in [4.78, 5) is 0. The number of hydrogen-bond donors (Lipinski definition) is 5. The van der Waals surface area contributed by atoms with Gasteiger partial charge in [-0.15, -0.1) is 0 Å². The van der Waals surface area contributed by atoms with E-state index in [4.69, 9.17) is 0 Å². The highest BCUT2D eigenvalue weighted by atomic mass is 16.3. The minimum atomic E-state index is -0.0868. The van der Waals surface area contributed by atoms with E-state index >= 15 is 0 Å². The zero-order valence-corrected chi connectivity index (χ0v) is 69.5. The number of phenolic OH excluding ortho intramolecular Hbond substituents is 5. The Labute approximate surface area is 647 Å². The van der Waals surface area contributed by atoms with E-state index in [1.807, 2.05) is 55.5 Å². The number of aryl methyl sites for hydroxylation is 4. The van der Waals surface area contributed by atoms with Crippen LogP contribution in [0.5, 0.6) is 28.7 Å². The first-order valence-electron chi connectivity index (χ1n) is 41.0. The summed E-state index contributed by atoms with van der Waals surface area (Å²) in [6.45, 7) is 45.6. The molecule has 9 aromatic rings. The third-order valence-corrected chi connectivity index (χ3v) is 24.9. The Morgan fingerprint density at radius 3 is 1.05 bits per heavy atom. The van der Waals surface area contributed by atoms with Crippen molar-refractivity contribution in [3.05, 3.63) is 288 Å². The highest BCUT2D eigenvalue weighted by Gasteiger charge is 2.49. The second-order valence-corrected chi connectivity index (χ2v) is 36.3. The molecule has 6 atom stereocenters. The van der Waals surface area contributed by atoms with Crippen LogP contribution in [0, 0.1) is 51.4 Å². The maximum absolute atomic E-state index is 11.0. The second-order valence-electron chi connectivity index (χ2n) is 36.3. The third kappa shape index (κ3) is 20.5. The van der Waals surface area contributed by atoms with E-state index in [2.05, 4.69) is 272 Å². The molecule has 0 radical (unpaired) electrons. The molecular weight excluding hydrogens is 1310 g/mol. The van der Waals surface area contributed by atoms with Crippen LogP contribution >= 0.6 is 0 Å². The molecule has 9 aromatic carbocycles. The number of rotatable bonds is 14. The van der Waals surface area contributed by atoms with Gasteiger partial charge in [0.2, 0.25) is 0 Å². The molecule has 5 saturated carbocycles. The lowest BCUT2D eigenvalue weighted by Gasteiger charge is -2.54. The van der Waals surface area contributed by atoms with Crippen molar-refractivity contribution in [2.45, 2.75) is 286 Å². The summed E-state index contributed by atoms with van der Waals surface area (Å²) < 4.78 is 0. The van der Waals surface area contributed by atoms with Crippen LogP contribution in [0.2, 0.25) is 0 Å². The minimum Gasteiger partial charge on any atom is -0.507 e. The molecule has 0 saturated heterocycles. The van der Waals surface area contributed by atoms with Crippen LogP contribution in [0.15, 0.2) is 182 Å². The quantitative estimate of drug-likeness (QED) is 0.0747.